The molecule has 1 aromatic rings. The molecular weight excluding hydrogens is 240 g/mol. The molecule has 0 amide bonds. The van der Waals surface area contributed by atoms with E-state index in [1.165, 1.54) is 12.1 Å². The van der Waals surface area contributed by atoms with Crippen molar-refractivity contribution in [3.8, 4) is 0 Å². The Morgan fingerprint density at radius 3 is 2.76 bits per heavy atom. The predicted molar refractivity (Wildman–Crippen MR) is 69.7 cm³/mol. The number of benzene rings is 1. The van der Waals surface area contributed by atoms with E-state index in [1.54, 1.807) is 6.92 Å². The standard InChI is InChI=1S/C13H17F2NS/c1-8-6-11(15)13(7-10(8)14)16-12-4-3-5-17-9(12)2/h6-7,9,12,16H,3-5H2,1-2H3. The van der Waals surface area contributed by atoms with Crippen LogP contribution >= 0.6 is 11.8 Å². The summed E-state index contributed by atoms with van der Waals surface area (Å²) in [7, 11) is 0. The van der Waals surface area contributed by atoms with Gasteiger partial charge in [0.05, 0.1) is 5.69 Å². The molecule has 1 nitrogen and oxygen atoms in total. The van der Waals surface area contributed by atoms with E-state index in [1.807, 2.05) is 11.8 Å². The van der Waals surface area contributed by atoms with Gasteiger partial charge < -0.3 is 5.32 Å². The summed E-state index contributed by atoms with van der Waals surface area (Å²) in [5.74, 6) is 0.432. The van der Waals surface area contributed by atoms with Gasteiger partial charge in [0, 0.05) is 17.4 Å². The average Bonchev–Trinajstić information content (AvgIpc) is 2.29. The maximum atomic E-state index is 13.7. The van der Waals surface area contributed by atoms with Crippen LogP contribution in [0.4, 0.5) is 14.5 Å². The quantitative estimate of drug-likeness (QED) is 0.860. The van der Waals surface area contributed by atoms with Crippen LogP contribution in [0.3, 0.4) is 0 Å². The highest BCUT2D eigenvalue weighted by Gasteiger charge is 2.22. The minimum absolute atomic E-state index is 0.227. The Balaban J connectivity index is 2.15. The summed E-state index contributed by atoms with van der Waals surface area (Å²) in [5.41, 5.74) is 0.631. The molecule has 2 unspecified atom stereocenters. The molecule has 94 valence electrons. The Hall–Kier alpha value is -0.770. The molecule has 0 aromatic heterocycles. The number of nitrogens with one attached hydrogen (secondary N) is 1. The highest BCUT2D eigenvalue weighted by Crippen LogP contribution is 2.29. The summed E-state index contributed by atoms with van der Waals surface area (Å²) in [6.07, 6.45) is 2.14. The average molecular weight is 257 g/mol. The number of halogens is 2. The van der Waals surface area contributed by atoms with Gasteiger partial charge in [-0.15, -0.1) is 0 Å². The van der Waals surface area contributed by atoms with Crippen LogP contribution in [-0.2, 0) is 0 Å². The van der Waals surface area contributed by atoms with Crippen LogP contribution < -0.4 is 5.32 Å². The normalized spacial score (nSPS) is 24.7. The lowest BCUT2D eigenvalue weighted by atomic mass is 10.1. The van der Waals surface area contributed by atoms with E-state index >= 15 is 0 Å². The minimum Gasteiger partial charge on any atom is -0.379 e. The van der Waals surface area contributed by atoms with Gasteiger partial charge in [0.25, 0.3) is 0 Å². The molecular formula is C13H17F2NS. The third-order valence-electron chi connectivity index (χ3n) is 3.20. The summed E-state index contributed by atoms with van der Waals surface area (Å²) < 4.78 is 27.1. The van der Waals surface area contributed by atoms with Crippen LogP contribution in [0.5, 0.6) is 0 Å². The first-order chi connectivity index (χ1) is 8.08. The molecule has 1 saturated heterocycles. The zero-order chi connectivity index (χ0) is 12.4. The topological polar surface area (TPSA) is 12.0 Å². The van der Waals surface area contributed by atoms with Crippen molar-refractivity contribution in [3.63, 3.8) is 0 Å². The molecule has 1 heterocycles. The van der Waals surface area contributed by atoms with Crippen LogP contribution in [-0.4, -0.2) is 17.0 Å². The van der Waals surface area contributed by atoms with Crippen LogP contribution in [0, 0.1) is 18.6 Å². The second-order valence-corrected chi connectivity index (χ2v) is 6.04. The Kier molecular flexibility index (Phi) is 3.92. The van der Waals surface area contributed by atoms with Crippen LogP contribution in [0.1, 0.15) is 25.3 Å². The molecule has 1 aliphatic heterocycles. The maximum absolute atomic E-state index is 13.7. The van der Waals surface area contributed by atoms with Crippen molar-refractivity contribution in [2.24, 2.45) is 0 Å². The molecule has 1 aromatic carbocycles. The van der Waals surface area contributed by atoms with Crippen molar-refractivity contribution in [2.45, 2.75) is 38.0 Å². The van der Waals surface area contributed by atoms with Gasteiger partial charge in [-0.3, -0.25) is 0 Å². The van der Waals surface area contributed by atoms with Crippen molar-refractivity contribution in [1.82, 2.24) is 0 Å². The van der Waals surface area contributed by atoms with Crippen molar-refractivity contribution in [3.05, 3.63) is 29.3 Å². The number of thioether (sulfide) groups is 1. The lowest BCUT2D eigenvalue weighted by Gasteiger charge is -2.30. The van der Waals surface area contributed by atoms with E-state index in [-0.39, 0.29) is 23.4 Å². The molecule has 4 heteroatoms. The fourth-order valence-electron chi connectivity index (χ4n) is 2.07. The van der Waals surface area contributed by atoms with Crippen molar-refractivity contribution in [2.75, 3.05) is 11.1 Å². The van der Waals surface area contributed by atoms with Gasteiger partial charge in [-0.05, 0) is 37.1 Å². The number of hydrogen-bond acceptors (Lipinski definition) is 2. The second kappa shape index (κ2) is 5.25. The van der Waals surface area contributed by atoms with Gasteiger partial charge in [-0.1, -0.05) is 6.92 Å². The lowest BCUT2D eigenvalue weighted by Crippen LogP contribution is -2.33. The van der Waals surface area contributed by atoms with Gasteiger partial charge >= 0.3 is 0 Å². The van der Waals surface area contributed by atoms with E-state index < -0.39 is 0 Å². The van der Waals surface area contributed by atoms with Gasteiger partial charge in [-0.25, -0.2) is 8.78 Å². The molecule has 0 bridgehead atoms. The predicted octanol–water partition coefficient (Wildman–Crippen LogP) is 3.97. The third-order valence-corrected chi connectivity index (χ3v) is 4.57. The molecule has 17 heavy (non-hydrogen) atoms. The molecule has 1 N–H and O–H groups in total. The number of aryl methyl sites for hydroxylation is 1. The summed E-state index contributed by atoms with van der Waals surface area (Å²) in [6, 6.07) is 2.74. The number of rotatable bonds is 2. The van der Waals surface area contributed by atoms with E-state index in [0.717, 1.165) is 18.6 Å². The van der Waals surface area contributed by atoms with Gasteiger partial charge in [0.15, 0.2) is 0 Å². The third kappa shape index (κ3) is 2.92. The van der Waals surface area contributed by atoms with E-state index in [4.69, 9.17) is 0 Å². The van der Waals surface area contributed by atoms with E-state index in [9.17, 15) is 8.78 Å². The Morgan fingerprint density at radius 1 is 1.29 bits per heavy atom. The highest BCUT2D eigenvalue weighted by molar-refractivity contribution is 8.00. The summed E-state index contributed by atoms with van der Waals surface area (Å²) >= 11 is 1.88. The monoisotopic (exact) mass is 257 g/mol. The minimum atomic E-state index is -0.369. The molecule has 0 radical (unpaired) electrons. The Labute approximate surface area is 105 Å². The van der Waals surface area contributed by atoms with Crippen molar-refractivity contribution < 1.29 is 8.78 Å². The number of hydrogen-bond donors (Lipinski definition) is 1. The first-order valence-electron chi connectivity index (χ1n) is 5.91. The molecule has 1 aliphatic rings. The van der Waals surface area contributed by atoms with Crippen LogP contribution in [0.2, 0.25) is 0 Å². The summed E-state index contributed by atoms with van der Waals surface area (Å²) in [6.45, 7) is 3.70. The first-order valence-corrected chi connectivity index (χ1v) is 6.96. The SMILES string of the molecule is Cc1cc(F)c(NC2CCCSC2C)cc1F. The lowest BCUT2D eigenvalue weighted by molar-refractivity contribution is 0.579. The zero-order valence-corrected chi connectivity index (χ0v) is 10.9. The molecule has 0 aliphatic carbocycles. The molecule has 0 spiro atoms. The fourth-order valence-corrected chi connectivity index (χ4v) is 3.21. The van der Waals surface area contributed by atoms with E-state index in [0.29, 0.717) is 10.8 Å². The molecule has 2 rings (SSSR count). The largest absolute Gasteiger partial charge is 0.379 e. The van der Waals surface area contributed by atoms with Crippen LogP contribution in [0.25, 0.3) is 0 Å². The van der Waals surface area contributed by atoms with Gasteiger partial charge in [0.2, 0.25) is 0 Å². The maximum Gasteiger partial charge on any atom is 0.146 e. The van der Waals surface area contributed by atoms with Crippen molar-refractivity contribution >= 4 is 17.4 Å². The van der Waals surface area contributed by atoms with Crippen LogP contribution in [0.15, 0.2) is 12.1 Å². The summed E-state index contributed by atoms with van der Waals surface area (Å²) in [4.78, 5) is 0. The second-order valence-electron chi connectivity index (χ2n) is 4.55. The first kappa shape index (κ1) is 12.7. The summed E-state index contributed by atoms with van der Waals surface area (Å²) in [5, 5.41) is 3.57. The Morgan fingerprint density at radius 2 is 2.06 bits per heavy atom. The smallest absolute Gasteiger partial charge is 0.146 e. The fraction of sp³-hybridized carbons (Fsp3) is 0.538. The number of anilines is 1. The van der Waals surface area contributed by atoms with Gasteiger partial charge in [0.1, 0.15) is 11.6 Å². The molecule has 1 fully saturated rings. The van der Waals surface area contributed by atoms with E-state index in [2.05, 4.69) is 12.2 Å². The Bertz CT molecular complexity index is 409. The molecule has 2 atom stereocenters. The highest BCUT2D eigenvalue weighted by atomic mass is 32.2. The zero-order valence-electron chi connectivity index (χ0n) is 10.1. The molecule has 0 saturated carbocycles. The van der Waals surface area contributed by atoms with Crippen molar-refractivity contribution in [1.29, 1.82) is 0 Å². The van der Waals surface area contributed by atoms with Gasteiger partial charge in [-0.2, -0.15) is 11.8 Å².